The van der Waals surface area contributed by atoms with Gasteiger partial charge in [0.05, 0.1) is 18.8 Å². The van der Waals surface area contributed by atoms with E-state index in [9.17, 15) is 4.79 Å². The summed E-state index contributed by atoms with van der Waals surface area (Å²) in [5.74, 6) is 0.237. The first-order valence-electron chi connectivity index (χ1n) is 6.43. The molecule has 1 saturated carbocycles. The molecule has 0 aromatic heterocycles. The van der Waals surface area contributed by atoms with E-state index in [1.807, 2.05) is 0 Å². The summed E-state index contributed by atoms with van der Waals surface area (Å²) in [6, 6.07) is 0. The van der Waals surface area contributed by atoms with E-state index in [2.05, 4.69) is 0 Å². The maximum atomic E-state index is 10.9. The SMILES string of the molecule is O=CC1CCOC2(CCC3(CC2)COC3)C1. The minimum absolute atomic E-state index is 0.0324. The normalized spacial score (nSPS) is 35.9. The van der Waals surface area contributed by atoms with Gasteiger partial charge < -0.3 is 14.3 Å². The van der Waals surface area contributed by atoms with Crippen molar-refractivity contribution in [3.05, 3.63) is 0 Å². The van der Waals surface area contributed by atoms with E-state index >= 15 is 0 Å². The summed E-state index contributed by atoms with van der Waals surface area (Å²) in [6.45, 7) is 2.66. The van der Waals surface area contributed by atoms with Crippen LogP contribution in [0.1, 0.15) is 38.5 Å². The molecule has 1 aliphatic carbocycles. The zero-order valence-corrected chi connectivity index (χ0v) is 9.74. The van der Waals surface area contributed by atoms with Gasteiger partial charge >= 0.3 is 0 Å². The quantitative estimate of drug-likeness (QED) is 0.638. The van der Waals surface area contributed by atoms with Crippen LogP contribution in [0.4, 0.5) is 0 Å². The Morgan fingerprint density at radius 1 is 1.12 bits per heavy atom. The number of rotatable bonds is 1. The Labute approximate surface area is 96.5 Å². The number of ether oxygens (including phenoxy) is 2. The molecule has 16 heavy (non-hydrogen) atoms. The smallest absolute Gasteiger partial charge is 0.123 e. The van der Waals surface area contributed by atoms with E-state index in [1.54, 1.807) is 0 Å². The maximum absolute atomic E-state index is 10.9. The second-order valence-corrected chi connectivity index (χ2v) is 5.91. The van der Waals surface area contributed by atoms with Gasteiger partial charge in [0.2, 0.25) is 0 Å². The molecule has 0 N–H and O–H groups in total. The Morgan fingerprint density at radius 3 is 2.44 bits per heavy atom. The average molecular weight is 224 g/mol. The van der Waals surface area contributed by atoms with E-state index in [-0.39, 0.29) is 11.5 Å². The fourth-order valence-electron chi connectivity index (χ4n) is 3.45. The standard InChI is InChI=1S/C13H20O3/c14-8-11-1-6-16-13(7-11)4-2-12(3-5-13)9-15-10-12/h8,11H,1-7,9-10H2. The molecule has 1 atom stereocenters. The monoisotopic (exact) mass is 224 g/mol. The minimum atomic E-state index is 0.0324. The third kappa shape index (κ3) is 1.70. The van der Waals surface area contributed by atoms with Crippen LogP contribution in [0.5, 0.6) is 0 Å². The first-order valence-corrected chi connectivity index (χ1v) is 6.43. The van der Waals surface area contributed by atoms with Crippen LogP contribution in [0.15, 0.2) is 0 Å². The second kappa shape index (κ2) is 3.81. The van der Waals surface area contributed by atoms with Gasteiger partial charge in [-0.05, 0) is 38.5 Å². The molecule has 3 rings (SSSR count). The number of carbonyl (C=O) groups excluding carboxylic acids is 1. The van der Waals surface area contributed by atoms with E-state index in [4.69, 9.17) is 9.47 Å². The molecule has 3 fully saturated rings. The van der Waals surface area contributed by atoms with Crippen molar-refractivity contribution < 1.29 is 14.3 Å². The van der Waals surface area contributed by atoms with Gasteiger partial charge in [-0.2, -0.15) is 0 Å². The predicted octanol–water partition coefficient (Wildman–Crippen LogP) is 1.94. The van der Waals surface area contributed by atoms with Crippen molar-refractivity contribution in [2.24, 2.45) is 11.3 Å². The number of hydrogen-bond acceptors (Lipinski definition) is 3. The summed E-state index contributed by atoms with van der Waals surface area (Å²) in [7, 11) is 0. The molecule has 2 aliphatic heterocycles. The lowest BCUT2D eigenvalue weighted by molar-refractivity contribution is -0.186. The molecule has 3 nitrogen and oxygen atoms in total. The van der Waals surface area contributed by atoms with Crippen molar-refractivity contribution in [1.29, 1.82) is 0 Å². The molecule has 0 aromatic carbocycles. The Morgan fingerprint density at radius 2 is 1.88 bits per heavy atom. The molecule has 1 unspecified atom stereocenters. The summed E-state index contributed by atoms with van der Waals surface area (Å²) in [5, 5.41) is 0. The first-order chi connectivity index (χ1) is 7.76. The summed E-state index contributed by atoms with van der Waals surface area (Å²) in [6.07, 6.45) is 7.69. The lowest BCUT2D eigenvalue weighted by Crippen LogP contribution is -2.52. The summed E-state index contributed by atoms with van der Waals surface area (Å²) >= 11 is 0. The fraction of sp³-hybridized carbons (Fsp3) is 0.923. The highest BCUT2D eigenvalue weighted by Crippen LogP contribution is 2.49. The van der Waals surface area contributed by atoms with Crippen LogP contribution in [0, 0.1) is 11.3 Å². The van der Waals surface area contributed by atoms with Crippen molar-refractivity contribution in [2.45, 2.75) is 44.1 Å². The van der Waals surface area contributed by atoms with Crippen LogP contribution in [0.2, 0.25) is 0 Å². The lowest BCUT2D eigenvalue weighted by Gasteiger charge is -2.52. The van der Waals surface area contributed by atoms with Gasteiger partial charge in [0.15, 0.2) is 0 Å². The van der Waals surface area contributed by atoms with Crippen LogP contribution >= 0.6 is 0 Å². The molecule has 0 bridgehead atoms. The van der Waals surface area contributed by atoms with Crippen LogP contribution in [0.3, 0.4) is 0 Å². The minimum Gasteiger partial charge on any atom is -0.380 e. The van der Waals surface area contributed by atoms with Crippen molar-refractivity contribution in [3.8, 4) is 0 Å². The summed E-state index contributed by atoms with van der Waals surface area (Å²) in [5.41, 5.74) is 0.507. The van der Waals surface area contributed by atoms with Crippen molar-refractivity contribution in [3.63, 3.8) is 0 Å². The number of hydrogen-bond donors (Lipinski definition) is 0. The summed E-state index contributed by atoms with van der Waals surface area (Å²) in [4.78, 5) is 10.9. The highest BCUT2D eigenvalue weighted by molar-refractivity contribution is 5.53. The third-order valence-corrected chi connectivity index (χ3v) is 4.76. The van der Waals surface area contributed by atoms with Gasteiger partial charge in [-0.15, -0.1) is 0 Å². The van der Waals surface area contributed by atoms with Crippen molar-refractivity contribution in [1.82, 2.24) is 0 Å². The molecule has 0 aromatic rings. The first kappa shape index (κ1) is 10.7. The van der Waals surface area contributed by atoms with Crippen molar-refractivity contribution >= 4 is 6.29 Å². The molecular formula is C13H20O3. The number of aldehydes is 1. The lowest BCUT2D eigenvalue weighted by atomic mass is 9.65. The molecule has 2 saturated heterocycles. The molecule has 0 radical (unpaired) electrons. The molecule has 2 spiro atoms. The fourth-order valence-corrected chi connectivity index (χ4v) is 3.45. The van der Waals surface area contributed by atoms with Gasteiger partial charge in [0.25, 0.3) is 0 Å². The zero-order valence-electron chi connectivity index (χ0n) is 9.74. The van der Waals surface area contributed by atoms with E-state index in [1.165, 1.54) is 12.8 Å². The molecular weight excluding hydrogens is 204 g/mol. The largest absolute Gasteiger partial charge is 0.380 e. The highest BCUT2D eigenvalue weighted by atomic mass is 16.5. The van der Waals surface area contributed by atoms with Crippen LogP contribution in [-0.2, 0) is 14.3 Å². The topological polar surface area (TPSA) is 35.5 Å². The molecule has 2 heterocycles. The molecule has 90 valence electrons. The van der Waals surface area contributed by atoms with E-state index in [0.717, 1.165) is 51.8 Å². The van der Waals surface area contributed by atoms with Crippen LogP contribution in [-0.4, -0.2) is 31.7 Å². The Balaban J connectivity index is 1.64. The zero-order chi connectivity index (χ0) is 11.1. The Hall–Kier alpha value is -0.410. The van der Waals surface area contributed by atoms with E-state index < -0.39 is 0 Å². The van der Waals surface area contributed by atoms with Crippen LogP contribution in [0.25, 0.3) is 0 Å². The Kier molecular flexibility index (Phi) is 2.55. The van der Waals surface area contributed by atoms with Gasteiger partial charge in [-0.3, -0.25) is 0 Å². The van der Waals surface area contributed by atoms with Crippen molar-refractivity contribution in [2.75, 3.05) is 19.8 Å². The summed E-state index contributed by atoms with van der Waals surface area (Å²) < 4.78 is 11.3. The van der Waals surface area contributed by atoms with E-state index in [0.29, 0.717) is 5.41 Å². The maximum Gasteiger partial charge on any atom is 0.123 e. The average Bonchev–Trinajstić information content (AvgIpc) is 2.28. The second-order valence-electron chi connectivity index (χ2n) is 5.91. The third-order valence-electron chi connectivity index (χ3n) is 4.76. The predicted molar refractivity (Wildman–Crippen MR) is 59.2 cm³/mol. The molecule has 0 amide bonds. The molecule has 3 heteroatoms. The number of carbonyl (C=O) groups is 1. The van der Waals surface area contributed by atoms with Gasteiger partial charge in [0, 0.05) is 17.9 Å². The van der Waals surface area contributed by atoms with Gasteiger partial charge in [-0.1, -0.05) is 0 Å². The van der Waals surface area contributed by atoms with Gasteiger partial charge in [-0.25, -0.2) is 0 Å². The molecule has 3 aliphatic rings. The Bertz CT molecular complexity index is 273. The van der Waals surface area contributed by atoms with Gasteiger partial charge in [0.1, 0.15) is 6.29 Å². The van der Waals surface area contributed by atoms with Crippen LogP contribution < -0.4 is 0 Å². The highest BCUT2D eigenvalue weighted by Gasteiger charge is 2.48.